The summed E-state index contributed by atoms with van der Waals surface area (Å²) in [5, 5.41) is 0. The number of hydrogen-bond donors (Lipinski definition) is 0. The number of rotatable bonds is 4. The van der Waals surface area contributed by atoms with Crippen LogP contribution in [0.2, 0.25) is 0 Å². The number of aromatic nitrogens is 2. The van der Waals surface area contributed by atoms with Gasteiger partial charge in [0.15, 0.2) is 0 Å². The molecule has 32 heavy (non-hydrogen) atoms. The molecule has 4 atom stereocenters. The first-order chi connectivity index (χ1) is 15.7. The summed E-state index contributed by atoms with van der Waals surface area (Å²) in [6, 6.07) is 9.22. The molecule has 0 amide bonds. The van der Waals surface area contributed by atoms with E-state index in [9.17, 15) is 9.59 Å². The zero-order valence-electron chi connectivity index (χ0n) is 18.9. The van der Waals surface area contributed by atoms with Crippen molar-refractivity contribution in [2.24, 2.45) is 0 Å². The fourth-order valence-corrected chi connectivity index (χ4v) is 6.18. The molecule has 0 radical (unpaired) electrons. The van der Waals surface area contributed by atoms with E-state index >= 15 is 0 Å². The van der Waals surface area contributed by atoms with Crippen LogP contribution in [0.25, 0.3) is 11.0 Å². The molecule has 2 aliphatic heterocycles. The zero-order valence-corrected chi connectivity index (χ0v) is 18.9. The maximum Gasteiger partial charge on any atom is 0.362 e. The predicted octanol–water partition coefficient (Wildman–Crippen LogP) is 4.63. The normalized spacial score (nSPS) is 29.4. The van der Waals surface area contributed by atoms with E-state index in [0.717, 1.165) is 18.4 Å². The van der Waals surface area contributed by atoms with Crippen LogP contribution >= 0.6 is 0 Å². The van der Waals surface area contributed by atoms with Gasteiger partial charge in [-0.1, -0.05) is 37.1 Å². The van der Waals surface area contributed by atoms with Crippen molar-refractivity contribution in [3.8, 4) is 0 Å². The molecule has 5 rings (SSSR count). The molecule has 2 saturated heterocycles. The van der Waals surface area contributed by atoms with Crippen molar-refractivity contribution in [1.29, 1.82) is 0 Å². The molecule has 2 fully saturated rings. The topological polar surface area (TPSA) is 64.4 Å². The van der Waals surface area contributed by atoms with Crippen LogP contribution in [0.15, 0.2) is 41.2 Å². The number of esters is 1. The van der Waals surface area contributed by atoms with E-state index in [1.165, 1.54) is 44.9 Å². The lowest BCUT2D eigenvalue weighted by molar-refractivity contribution is 0.0514. The van der Waals surface area contributed by atoms with Gasteiger partial charge in [0.05, 0.1) is 17.6 Å². The third-order valence-electron chi connectivity index (χ3n) is 7.51. The van der Waals surface area contributed by atoms with Gasteiger partial charge in [-0.05, 0) is 64.0 Å². The van der Waals surface area contributed by atoms with Gasteiger partial charge >= 0.3 is 5.97 Å². The molecule has 0 spiro atoms. The molecular weight excluding hydrogens is 402 g/mol. The van der Waals surface area contributed by atoms with E-state index < -0.39 is 5.97 Å². The number of carbonyl (C=O) groups is 1. The molecule has 2 aromatic rings. The van der Waals surface area contributed by atoms with Gasteiger partial charge in [0.2, 0.25) is 5.69 Å². The van der Waals surface area contributed by atoms with Crippen molar-refractivity contribution in [3.63, 3.8) is 0 Å². The summed E-state index contributed by atoms with van der Waals surface area (Å²) in [6.45, 7) is 1.97. The Kier molecular flexibility index (Phi) is 6.13. The summed E-state index contributed by atoms with van der Waals surface area (Å²) in [6.07, 6.45) is 15.4. The molecule has 6 nitrogen and oxygen atoms in total. The van der Waals surface area contributed by atoms with E-state index in [1.54, 1.807) is 6.92 Å². The quantitative estimate of drug-likeness (QED) is 0.518. The lowest BCUT2D eigenvalue weighted by Gasteiger charge is -2.43. The minimum atomic E-state index is -0.628. The smallest absolute Gasteiger partial charge is 0.362 e. The van der Waals surface area contributed by atoms with E-state index in [-0.39, 0.29) is 23.9 Å². The van der Waals surface area contributed by atoms with Crippen LogP contribution in [0.5, 0.6) is 0 Å². The fraction of sp³-hybridized carbons (Fsp3) is 0.577. The molecule has 170 valence electrons. The van der Waals surface area contributed by atoms with Crippen LogP contribution in [0.3, 0.4) is 0 Å². The Bertz CT molecular complexity index is 1060. The Morgan fingerprint density at radius 3 is 2.62 bits per heavy atom. The number of allylic oxidation sites excluding steroid dienone is 1. The Morgan fingerprint density at radius 1 is 1.06 bits per heavy atom. The van der Waals surface area contributed by atoms with Gasteiger partial charge in [0.25, 0.3) is 5.56 Å². The van der Waals surface area contributed by atoms with Crippen LogP contribution in [0.4, 0.5) is 0 Å². The minimum Gasteiger partial charge on any atom is -0.461 e. The minimum absolute atomic E-state index is 0.0786. The lowest BCUT2D eigenvalue weighted by atomic mass is 9.92. The van der Waals surface area contributed by atoms with Crippen LogP contribution in [0.1, 0.15) is 81.2 Å². The fourth-order valence-electron chi connectivity index (χ4n) is 6.18. The monoisotopic (exact) mass is 435 g/mol. The van der Waals surface area contributed by atoms with E-state index in [0.29, 0.717) is 23.6 Å². The SMILES string of the molecule is CCOC(=O)c1nc2ccccc2n(C2CC3CC[C@@H](C2)N3C2/C=C\CCCCC2)c1=O. The second kappa shape index (κ2) is 9.18. The number of fused-ring (bicyclic) bond motifs is 3. The lowest BCUT2D eigenvalue weighted by Crippen LogP contribution is -2.49. The van der Waals surface area contributed by atoms with E-state index in [1.807, 2.05) is 28.8 Å². The molecule has 1 aromatic carbocycles. The molecule has 1 aromatic heterocycles. The molecule has 6 heteroatoms. The zero-order chi connectivity index (χ0) is 22.1. The van der Waals surface area contributed by atoms with Crippen molar-refractivity contribution >= 4 is 17.0 Å². The summed E-state index contributed by atoms with van der Waals surface area (Å²) in [4.78, 5) is 33.1. The first-order valence-electron chi connectivity index (χ1n) is 12.3. The molecule has 3 heterocycles. The number of hydrogen-bond acceptors (Lipinski definition) is 5. The Hall–Kier alpha value is -2.47. The summed E-state index contributed by atoms with van der Waals surface area (Å²) in [5.41, 5.74) is 1.08. The molecule has 0 saturated carbocycles. The highest BCUT2D eigenvalue weighted by molar-refractivity contribution is 5.89. The highest BCUT2D eigenvalue weighted by Crippen LogP contribution is 2.43. The number of piperidine rings is 1. The van der Waals surface area contributed by atoms with E-state index in [2.05, 4.69) is 22.0 Å². The van der Waals surface area contributed by atoms with Gasteiger partial charge in [-0.25, -0.2) is 9.78 Å². The van der Waals surface area contributed by atoms with Crippen molar-refractivity contribution < 1.29 is 9.53 Å². The Balaban J connectivity index is 1.49. The van der Waals surface area contributed by atoms with Gasteiger partial charge in [-0.2, -0.15) is 0 Å². The van der Waals surface area contributed by atoms with Crippen LogP contribution in [0, 0.1) is 0 Å². The average molecular weight is 436 g/mol. The molecule has 1 aliphatic carbocycles. The molecule has 3 aliphatic rings. The second-order valence-electron chi connectivity index (χ2n) is 9.44. The van der Waals surface area contributed by atoms with Crippen molar-refractivity contribution in [2.75, 3.05) is 6.61 Å². The Labute approximate surface area is 189 Å². The highest BCUT2D eigenvalue weighted by Gasteiger charge is 2.44. The molecular formula is C26H33N3O3. The summed E-state index contributed by atoms with van der Waals surface area (Å²) in [7, 11) is 0. The van der Waals surface area contributed by atoms with Gasteiger partial charge in [0.1, 0.15) is 0 Å². The van der Waals surface area contributed by atoms with Crippen molar-refractivity contribution in [1.82, 2.24) is 14.5 Å². The second-order valence-corrected chi connectivity index (χ2v) is 9.44. The van der Waals surface area contributed by atoms with Gasteiger partial charge < -0.3 is 9.30 Å². The third-order valence-corrected chi connectivity index (χ3v) is 7.51. The largest absolute Gasteiger partial charge is 0.461 e. The van der Waals surface area contributed by atoms with Gasteiger partial charge in [-0.15, -0.1) is 0 Å². The molecule has 2 bridgehead atoms. The maximum absolute atomic E-state index is 13.5. The van der Waals surface area contributed by atoms with E-state index in [4.69, 9.17) is 4.74 Å². The first-order valence-corrected chi connectivity index (χ1v) is 12.3. The number of benzene rings is 1. The van der Waals surface area contributed by atoms with Crippen LogP contribution in [-0.2, 0) is 4.74 Å². The number of nitrogens with zero attached hydrogens (tertiary/aromatic N) is 3. The first kappa shape index (κ1) is 21.4. The average Bonchev–Trinajstić information content (AvgIpc) is 3.02. The summed E-state index contributed by atoms with van der Waals surface area (Å²) < 4.78 is 6.99. The number of carbonyl (C=O) groups excluding carboxylic acids is 1. The summed E-state index contributed by atoms with van der Waals surface area (Å²) >= 11 is 0. The van der Waals surface area contributed by atoms with Gasteiger partial charge in [0, 0.05) is 24.2 Å². The van der Waals surface area contributed by atoms with Crippen molar-refractivity contribution in [2.45, 2.75) is 88.9 Å². The Morgan fingerprint density at radius 2 is 1.84 bits per heavy atom. The van der Waals surface area contributed by atoms with Gasteiger partial charge in [-0.3, -0.25) is 9.69 Å². The van der Waals surface area contributed by atoms with Crippen molar-refractivity contribution in [3.05, 3.63) is 52.5 Å². The summed E-state index contributed by atoms with van der Waals surface area (Å²) in [5.74, 6) is -0.628. The predicted molar refractivity (Wildman–Crippen MR) is 125 cm³/mol. The standard InChI is InChI=1S/C26H33N3O3/c1-2-32-26(31)24-25(30)29(23-13-9-8-12-22(23)27-24)21-16-19-14-15-20(17-21)28(19)18-10-6-4-3-5-7-11-18/h6,8-10,12-13,18-21H,2-5,7,11,14-17H2,1H3/b10-6-/t18?,19-,20?,21?/m0/s1. The highest BCUT2D eigenvalue weighted by atomic mass is 16.5. The van der Waals surface area contributed by atoms with Crippen LogP contribution in [-0.4, -0.2) is 45.2 Å². The van der Waals surface area contributed by atoms with Crippen LogP contribution < -0.4 is 5.56 Å². The number of ether oxygens (including phenoxy) is 1. The third kappa shape index (κ3) is 3.90. The molecule has 0 N–H and O–H groups in total. The molecule has 3 unspecified atom stereocenters. The number of para-hydroxylation sites is 2. The maximum atomic E-state index is 13.5.